The molecule has 0 aliphatic heterocycles. The Balaban J connectivity index is 1.75. The molecule has 0 aromatic carbocycles. The highest BCUT2D eigenvalue weighted by Crippen LogP contribution is 2.44. The topological polar surface area (TPSA) is 66.9 Å². The summed E-state index contributed by atoms with van der Waals surface area (Å²) in [6.07, 6.45) is 1.06. The van der Waals surface area contributed by atoms with Gasteiger partial charge >= 0.3 is 6.03 Å². The fraction of sp³-hybridized carbons (Fsp3) is 0.700. The molecule has 1 aliphatic rings. The predicted octanol–water partition coefficient (Wildman–Crippen LogP) is 1.44. The second kappa shape index (κ2) is 4.01. The van der Waals surface area contributed by atoms with Gasteiger partial charge < -0.3 is 10.6 Å². The van der Waals surface area contributed by atoms with Crippen molar-refractivity contribution in [3.8, 4) is 0 Å². The van der Waals surface area contributed by atoms with Crippen molar-refractivity contribution in [3.63, 3.8) is 0 Å². The van der Waals surface area contributed by atoms with Crippen molar-refractivity contribution in [2.75, 3.05) is 0 Å². The van der Waals surface area contributed by atoms with Gasteiger partial charge in [0.1, 0.15) is 0 Å². The zero-order chi connectivity index (χ0) is 11.8. The number of nitrogens with zero attached hydrogens (tertiary/aromatic N) is 2. The summed E-state index contributed by atoms with van der Waals surface area (Å²) in [5.41, 5.74) is 1.15. The molecular formula is C10H16N4OS. The van der Waals surface area contributed by atoms with E-state index in [0.717, 1.165) is 17.0 Å². The van der Waals surface area contributed by atoms with E-state index in [0.29, 0.717) is 12.6 Å². The highest BCUT2D eigenvalue weighted by Gasteiger charge is 2.46. The highest BCUT2D eigenvalue weighted by atomic mass is 32.1. The molecular weight excluding hydrogens is 224 g/mol. The van der Waals surface area contributed by atoms with Crippen molar-refractivity contribution < 1.29 is 4.79 Å². The molecule has 2 N–H and O–H groups in total. The molecule has 0 bridgehead atoms. The van der Waals surface area contributed by atoms with Gasteiger partial charge in [0.25, 0.3) is 0 Å². The van der Waals surface area contributed by atoms with Crippen LogP contribution in [-0.2, 0) is 6.54 Å². The number of amides is 2. The average Bonchev–Trinajstić information content (AvgIpc) is 2.59. The Kier molecular flexibility index (Phi) is 2.84. The van der Waals surface area contributed by atoms with Crippen molar-refractivity contribution in [1.29, 1.82) is 0 Å². The minimum absolute atomic E-state index is 0.108. The molecule has 0 unspecified atom stereocenters. The Morgan fingerprint density at radius 1 is 1.62 bits per heavy atom. The number of urea groups is 1. The maximum absolute atomic E-state index is 11.5. The lowest BCUT2D eigenvalue weighted by Crippen LogP contribution is -2.37. The molecule has 2 rings (SSSR count). The number of hydrogen-bond donors (Lipinski definition) is 2. The third-order valence-corrected chi connectivity index (χ3v) is 3.80. The second-order valence-corrected chi connectivity index (χ2v) is 5.69. The van der Waals surface area contributed by atoms with Crippen LogP contribution in [0.25, 0.3) is 0 Å². The Hall–Kier alpha value is -1.17. The standard InChI is InChI=1S/C10H16N4OS/c1-6-7(16-14-13-6)5-11-9(15)12-8-4-10(8,2)3/h8H,4-5H2,1-3H3,(H2,11,12,15)/t8-/m0/s1. The van der Waals surface area contributed by atoms with Crippen molar-refractivity contribution in [1.82, 2.24) is 20.2 Å². The maximum Gasteiger partial charge on any atom is 0.315 e. The van der Waals surface area contributed by atoms with E-state index in [1.807, 2.05) is 6.92 Å². The van der Waals surface area contributed by atoms with Gasteiger partial charge in [0.2, 0.25) is 0 Å². The number of aromatic nitrogens is 2. The van der Waals surface area contributed by atoms with Gasteiger partial charge in [0.05, 0.1) is 17.1 Å². The molecule has 0 spiro atoms. The van der Waals surface area contributed by atoms with Crippen LogP contribution in [-0.4, -0.2) is 21.7 Å². The molecule has 1 heterocycles. The Morgan fingerprint density at radius 2 is 2.31 bits per heavy atom. The molecule has 5 nitrogen and oxygen atoms in total. The third kappa shape index (κ3) is 2.49. The molecule has 0 radical (unpaired) electrons. The highest BCUT2D eigenvalue weighted by molar-refractivity contribution is 7.05. The zero-order valence-electron chi connectivity index (χ0n) is 9.70. The molecule has 2 amide bonds. The first-order valence-electron chi connectivity index (χ1n) is 5.31. The average molecular weight is 240 g/mol. The molecule has 1 atom stereocenters. The first-order chi connectivity index (χ1) is 7.49. The fourth-order valence-electron chi connectivity index (χ4n) is 1.50. The molecule has 1 aliphatic carbocycles. The summed E-state index contributed by atoms with van der Waals surface area (Å²) >= 11 is 1.32. The van der Waals surface area contributed by atoms with Crippen molar-refractivity contribution in [2.45, 2.75) is 39.8 Å². The summed E-state index contributed by atoms with van der Waals surface area (Å²) in [7, 11) is 0. The molecule has 6 heteroatoms. The van der Waals surface area contributed by atoms with E-state index >= 15 is 0 Å². The van der Waals surface area contributed by atoms with Crippen molar-refractivity contribution in [3.05, 3.63) is 10.6 Å². The van der Waals surface area contributed by atoms with Crippen LogP contribution in [0.5, 0.6) is 0 Å². The van der Waals surface area contributed by atoms with E-state index in [-0.39, 0.29) is 11.4 Å². The number of nitrogens with one attached hydrogen (secondary N) is 2. The monoisotopic (exact) mass is 240 g/mol. The molecule has 16 heavy (non-hydrogen) atoms. The summed E-state index contributed by atoms with van der Waals surface area (Å²) in [6.45, 7) is 6.69. The summed E-state index contributed by atoms with van der Waals surface area (Å²) < 4.78 is 3.82. The summed E-state index contributed by atoms with van der Waals surface area (Å²) in [5.74, 6) is 0. The first-order valence-corrected chi connectivity index (χ1v) is 6.08. The van der Waals surface area contributed by atoms with Gasteiger partial charge in [-0.3, -0.25) is 0 Å². The molecule has 88 valence electrons. The summed E-state index contributed by atoms with van der Waals surface area (Å²) in [5, 5.41) is 9.64. The van der Waals surface area contributed by atoms with E-state index in [9.17, 15) is 4.79 Å². The predicted molar refractivity (Wildman–Crippen MR) is 62.2 cm³/mol. The Morgan fingerprint density at radius 3 is 2.81 bits per heavy atom. The van der Waals surface area contributed by atoms with Crippen molar-refractivity contribution >= 4 is 17.6 Å². The van der Waals surface area contributed by atoms with Crippen LogP contribution in [0.4, 0.5) is 4.79 Å². The minimum atomic E-state index is -0.108. The van der Waals surface area contributed by atoms with Gasteiger partial charge in [-0.1, -0.05) is 18.3 Å². The van der Waals surface area contributed by atoms with Crippen LogP contribution in [0.15, 0.2) is 0 Å². The van der Waals surface area contributed by atoms with Crippen LogP contribution >= 0.6 is 11.5 Å². The van der Waals surface area contributed by atoms with E-state index < -0.39 is 0 Å². The number of aryl methyl sites for hydroxylation is 1. The number of carbonyl (C=O) groups excluding carboxylic acids is 1. The van der Waals surface area contributed by atoms with Crippen molar-refractivity contribution in [2.24, 2.45) is 5.41 Å². The summed E-state index contributed by atoms with van der Waals surface area (Å²) in [6, 6.07) is 0.205. The Bertz CT molecular complexity index is 401. The van der Waals surface area contributed by atoms with Crippen LogP contribution < -0.4 is 10.6 Å². The third-order valence-electron chi connectivity index (χ3n) is 2.97. The Labute approximate surface area is 98.8 Å². The van der Waals surface area contributed by atoms with Gasteiger partial charge in [-0.05, 0) is 30.3 Å². The SMILES string of the molecule is Cc1nnsc1CNC(=O)N[C@H]1CC1(C)C. The van der Waals surface area contributed by atoms with Crippen LogP contribution in [0.1, 0.15) is 30.8 Å². The van der Waals surface area contributed by atoms with E-state index in [2.05, 4.69) is 34.1 Å². The number of carbonyl (C=O) groups is 1. The van der Waals surface area contributed by atoms with Gasteiger partial charge in [-0.25, -0.2) is 4.79 Å². The molecule has 0 saturated heterocycles. The van der Waals surface area contributed by atoms with E-state index in [4.69, 9.17) is 0 Å². The second-order valence-electron chi connectivity index (χ2n) is 4.85. The molecule has 1 aromatic rings. The lowest BCUT2D eigenvalue weighted by molar-refractivity contribution is 0.239. The van der Waals surface area contributed by atoms with E-state index in [1.165, 1.54) is 11.5 Å². The molecule has 1 aromatic heterocycles. The quantitative estimate of drug-likeness (QED) is 0.840. The first kappa shape index (κ1) is 11.3. The summed E-state index contributed by atoms with van der Waals surface area (Å²) in [4.78, 5) is 12.5. The van der Waals surface area contributed by atoms with Gasteiger partial charge in [0, 0.05) is 6.04 Å². The van der Waals surface area contributed by atoms with Gasteiger partial charge in [-0.2, -0.15) is 0 Å². The van der Waals surface area contributed by atoms with Crippen LogP contribution in [0.2, 0.25) is 0 Å². The lowest BCUT2D eigenvalue weighted by Gasteiger charge is -2.07. The fourth-order valence-corrected chi connectivity index (χ4v) is 2.07. The lowest BCUT2D eigenvalue weighted by atomic mass is 10.2. The maximum atomic E-state index is 11.5. The normalized spacial score (nSPS) is 21.6. The van der Waals surface area contributed by atoms with E-state index in [1.54, 1.807) is 0 Å². The van der Waals surface area contributed by atoms with Crippen LogP contribution in [0, 0.1) is 12.3 Å². The zero-order valence-corrected chi connectivity index (χ0v) is 10.5. The van der Waals surface area contributed by atoms with Gasteiger partial charge in [-0.15, -0.1) is 5.10 Å². The minimum Gasteiger partial charge on any atom is -0.335 e. The molecule has 1 fully saturated rings. The largest absolute Gasteiger partial charge is 0.335 e. The van der Waals surface area contributed by atoms with Crippen LogP contribution in [0.3, 0.4) is 0 Å². The van der Waals surface area contributed by atoms with Gasteiger partial charge in [0.15, 0.2) is 0 Å². The molecule has 1 saturated carbocycles. The smallest absolute Gasteiger partial charge is 0.315 e. The number of rotatable bonds is 3. The number of hydrogen-bond acceptors (Lipinski definition) is 4.